The lowest BCUT2D eigenvalue weighted by atomic mass is 10.1. The first-order valence-electron chi connectivity index (χ1n) is 9.95. The van der Waals surface area contributed by atoms with E-state index < -0.39 is 16.1 Å². The van der Waals surface area contributed by atoms with E-state index in [2.05, 4.69) is 10.8 Å². The lowest BCUT2D eigenvalue weighted by Gasteiger charge is -2.31. The number of hydrogen-bond acceptors (Lipinski definition) is 4. The quantitative estimate of drug-likeness (QED) is 0.704. The summed E-state index contributed by atoms with van der Waals surface area (Å²) in [6, 6.07) is 9.44. The number of benzene rings is 1. The van der Waals surface area contributed by atoms with Crippen molar-refractivity contribution in [1.29, 1.82) is 5.26 Å². The maximum absolute atomic E-state index is 13.2. The van der Waals surface area contributed by atoms with Crippen molar-refractivity contribution in [2.45, 2.75) is 50.1 Å². The molecule has 0 spiro atoms. The zero-order valence-corrected chi connectivity index (χ0v) is 18.4. The van der Waals surface area contributed by atoms with E-state index in [0.29, 0.717) is 30.9 Å². The summed E-state index contributed by atoms with van der Waals surface area (Å²) >= 11 is 6.17. The summed E-state index contributed by atoms with van der Waals surface area (Å²) in [7, 11) is -4.01. The molecule has 1 N–H and O–H groups in total. The second kappa shape index (κ2) is 9.65. The van der Waals surface area contributed by atoms with Gasteiger partial charge in [0.25, 0.3) is 0 Å². The van der Waals surface area contributed by atoms with Gasteiger partial charge in [-0.1, -0.05) is 23.7 Å². The van der Waals surface area contributed by atoms with Gasteiger partial charge >= 0.3 is 0 Å². The molecule has 1 aliphatic rings. The van der Waals surface area contributed by atoms with E-state index in [1.165, 1.54) is 6.07 Å². The van der Waals surface area contributed by atoms with Crippen molar-refractivity contribution in [3.63, 3.8) is 0 Å². The van der Waals surface area contributed by atoms with Crippen LogP contribution in [0, 0.1) is 18.3 Å². The van der Waals surface area contributed by atoms with Gasteiger partial charge in [-0.15, -0.1) is 0 Å². The fourth-order valence-corrected chi connectivity index (χ4v) is 5.80. The van der Waals surface area contributed by atoms with Gasteiger partial charge in [-0.3, -0.25) is 4.79 Å². The maximum atomic E-state index is 13.2. The van der Waals surface area contributed by atoms with Gasteiger partial charge in [-0.25, -0.2) is 8.42 Å². The number of hydrogen-bond donors (Lipinski definition) is 1. The third-order valence-electron chi connectivity index (χ3n) is 5.30. The molecule has 160 valence electrons. The molecule has 1 aromatic carbocycles. The second-order valence-corrected chi connectivity index (χ2v) is 9.49. The Morgan fingerprint density at radius 1 is 1.23 bits per heavy atom. The molecule has 0 saturated carbocycles. The highest BCUT2D eigenvalue weighted by Crippen LogP contribution is 2.25. The standard InChI is InChI=1S/C21H25ClN4O3S/c1-16-7-5-9-18(22)20(16)30(28,29)24-19(21(27)26-11-3-2-4-12-26)10-14-25-13-6-8-17(25)15-23/h5-9,13,19,24H,2-4,10-12,14H2,1H3. The third kappa shape index (κ3) is 5.04. The summed E-state index contributed by atoms with van der Waals surface area (Å²) in [4.78, 5) is 14.9. The Labute approximate surface area is 182 Å². The molecule has 3 rings (SSSR count). The van der Waals surface area contributed by atoms with Crippen LogP contribution >= 0.6 is 11.6 Å². The van der Waals surface area contributed by atoms with E-state index in [1.54, 1.807) is 46.9 Å². The van der Waals surface area contributed by atoms with E-state index >= 15 is 0 Å². The Morgan fingerprint density at radius 2 is 1.97 bits per heavy atom. The Hall–Kier alpha value is -2.34. The zero-order valence-electron chi connectivity index (χ0n) is 16.8. The fourth-order valence-electron chi connectivity index (χ4n) is 3.75. The first-order valence-corrected chi connectivity index (χ1v) is 11.8. The molecule has 1 unspecified atom stereocenters. The summed E-state index contributed by atoms with van der Waals surface area (Å²) < 4.78 is 30.6. The molecule has 30 heavy (non-hydrogen) atoms. The van der Waals surface area contributed by atoms with Crippen LogP contribution < -0.4 is 4.72 Å². The van der Waals surface area contributed by atoms with Crippen LogP contribution in [0.2, 0.25) is 5.02 Å². The molecule has 0 radical (unpaired) electrons. The molecule has 1 amide bonds. The molecule has 0 aliphatic carbocycles. The highest BCUT2D eigenvalue weighted by Gasteiger charge is 2.31. The molecule has 1 saturated heterocycles. The maximum Gasteiger partial charge on any atom is 0.243 e. The van der Waals surface area contributed by atoms with E-state index in [1.807, 2.05) is 0 Å². The average Bonchev–Trinajstić information content (AvgIpc) is 3.18. The van der Waals surface area contributed by atoms with Crippen LogP contribution in [0.15, 0.2) is 41.4 Å². The molecule has 1 fully saturated rings. The first kappa shape index (κ1) is 22.3. The topological polar surface area (TPSA) is 95.2 Å². The van der Waals surface area contributed by atoms with Crippen LogP contribution in [-0.2, 0) is 21.4 Å². The lowest BCUT2D eigenvalue weighted by Crippen LogP contribution is -2.50. The van der Waals surface area contributed by atoms with Crippen LogP contribution in [0.3, 0.4) is 0 Å². The zero-order chi connectivity index (χ0) is 21.7. The number of piperidine rings is 1. The van der Waals surface area contributed by atoms with Crippen LogP contribution in [-0.4, -0.2) is 42.9 Å². The molecule has 9 heteroatoms. The Balaban J connectivity index is 1.86. The van der Waals surface area contributed by atoms with Crippen molar-refractivity contribution in [3.8, 4) is 6.07 Å². The van der Waals surface area contributed by atoms with Crippen molar-refractivity contribution >= 4 is 27.5 Å². The molecule has 1 aromatic heterocycles. The first-order chi connectivity index (χ1) is 14.3. The molecular weight excluding hydrogens is 424 g/mol. The number of nitrogens with one attached hydrogen (secondary N) is 1. The fraction of sp³-hybridized carbons (Fsp3) is 0.429. The van der Waals surface area contributed by atoms with Gasteiger partial charge in [-0.2, -0.15) is 9.98 Å². The van der Waals surface area contributed by atoms with Crippen LogP contribution in [0.5, 0.6) is 0 Å². The lowest BCUT2D eigenvalue weighted by molar-refractivity contribution is -0.134. The van der Waals surface area contributed by atoms with Crippen molar-refractivity contribution in [1.82, 2.24) is 14.2 Å². The van der Waals surface area contributed by atoms with Crippen molar-refractivity contribution in [2.75, 3.05) is 13.1 Å². The minimum absolute atomic E-state index is 0.0122. The number of aromatic nitrogens is 1. The highest BCUT2D eigenvalue weighted by atomic mass is 35.5. The number of rotatable bonds is 7. The van der Waals surface area contributed by atoms with Gasteiger partial charge in [0.2, 0.25) is 15.9 Å². The van der Waals surface area contributed by atoms with Crippen molar-refractivity contribution in [3.05, 3.63) is 52.8 Å². The Kier molecular flexibility index (Phi) is 7.19. The SMILES string of the molecule is Cc1cccc(Cl)c1S(=O)(=O)NC(CCn1cccc1C#N)C(=O)N1CCCCC1. The van der Waals surface area contributed by atoms with Gasteiger partial charge in [0, 0.05) is 25.8 Å². The van der Waals surface area contributed by atoms with Gasteiger partial charge < -0.3 is 9.47 Å². The van der Waals surface area contributed by atoms with Crippen LogP contribution in [0.1, 0.15) is 36.9 Å². The van der Waals surface area contributed by atoms with Gasteiger partial charge in [0.1, 0.15) is 22.7 Å². The van der Waals surface area contributed by atoms with Crippen molar-refractivity contribution in [2.24, 2.45) is 0 Å². The summed E-state index contributed by atoms with van der Waals surface area (Å²) in [6.07, 6.45) is 4.85. The molecular formula is C21H25ClN4O3S. The predicted octanol–water partition coefficient (Wildman–Crippen LogP) is 3.07. The smallest absolute Gasteiger partial charge is 0.243 e. The average molecular weight is 449 g/mol. The van der Waals surface area contributed by atoms with Crippen LogP contribution in [0.4, 0.5) is 0 Å². The number of aryl methyl sites for hydroxylation is 2. The minimum atomic E-state index is -4.01. The number of halogens is 1. The van der Waals surface area contributed by atoms with Gasteiger partial charge in [0.15, 0.2) is 0 Å². The minimum Gasteiger partial charge on any atom is -0.341 e. The number of sulfonamides is 1. The van der Waals surface area contributed by atoms with E-state index in [-0.39, 0.29) is 22.2 Å². The predicted molar refractivity (Wildman–Crippen MR) is 114 cm³/mol. The second-order valence-electron chi connectivity index (χ2n) is 7.43. The molecule has 1 atom stereocenters. The van der Waals surface area contributed by atoms with Gasteiger partial charge in [-0.05, 0) is 56.4 Å². The molecule has 0 bridgehead atoms. The molecule has 7 nitrogen and oxygen atoms in total. The summed E-state index contributed by atoms with van der Waals surface area (Å²) in [5.41, 5.74) is 0.973. The van der Waals surface area contributed by atoms with Gasteiger partial charge in [0.05, 0.1) is 5.02 Å². The summed E-state index contributed by atoms with van der Waals surface area (Å²) in [5.74, 6) is -0.242. The number of carbonyl (C=O) groups excluding carboxylic acids is 1. The molecule has 2 heterocycles. The van der Waals surface area contributed by atoms with E-state index in [4.69, 9.17) is 11.6 Å². The van der Waals surface area contributed by atoms with E-state index in [0.717, 1.165) is 19.3 Å². The molecule has 2 aromatic rings. The monoisotopic (exact) mass is 448 g/mol. The van der Waals surface area contributed by atoms with E-state index in [9.17, 15) is 18.5 Å². The Bertz CT molecular complexity index is 1030. The largest absolute Gasteiger partial charge is 0.341 e. The summed E-state index contributed by atoms with van der Waals surface area (Å²) in [6.45, 7) is 3.25. The normalized spacial score (nSPS) is 15.6. The third-order valence-corrected chi connectivity index (χ3v) is 7.40. The highest BCUT2D eigenvalue weighted by molar-refractivity contribution is 7.89. The molecule has 1 aliphatic heterocycles. The Morgan fingerprint density at radius 3 is 2.63 bits per heavy atom. The van der Waals surface area contributed by atoms with Crippen LogP contribution in [0.25, 0.3) is 0 Å². The number of carbonyl (C=O) groups is 1. The number of amides is 1. The number of nitrogens with zero attached hydrogens (tertiary/aromatic N) is 3. The van der Waals surface area contributed by atoms with Crippen molar-refractivity contribution < 1.29 is 13.2 Å². The number of nitriles is 1. The summed E-state index contributed by atoms with van der Waals surface area (Å²) in [5, 5.41) is 9.32. The number of likely N-dealkylation sites (tertiary alicyclic amines) is 1.